The van der Waals surface area contributed by atoms with Gasteiger partial charge in [0.2, 0.25) is 21.9 Å². The maximum Gasteiger partial charge on any atom is 0.408 e. The third-order valence-electron chi connectivity index (χ3n) is 6.21. The topological polar surface area (TPSA) is 120 Å². The molecule has 1 aliphatic heterocycles. The van der Waals surface area contributed by atoms with E-state index in [-0.39, 0.29) is 52.5 Å². The van der Waals surface area contributed by atoms with Crippen LogP contribution in [0.4, 0.5) is 32.3 Å². The molecule has 4 heterocycles. The summed E-state index contributed by atoms with van der Waals surface area (Å²) < 4.78 is 115. The predicted molar refractivity (Wildman–Crippen MR) is 125 cm³/mol. The van der Waals surface area contributed by atoms with Crippen LogP contribution in [-0.2, 0) is 16.6 Å². The van der Waals surface area contributed by atoms with Crippen molar-refractivity contribution in [2.24, 2.45) is 0 Å². The number of hydrogen-bond acceptors (Lipinski definition) is 8. The van der Waals surface area contributed by atoms with E-state index in [2.05, 4.69) is 25.7 Å². The van der Waals surface area contributed by atoms with Crippen LogP contribution in [0.15, 0.2) is 24.4 Å². The summed E-state index contributed by atoms with van der Waals surface area (Å²) >= 11 is 0. The highest BCUT2D eigenvalue weighted by Crippen LogP contribution is 2.36. The average molecular weight is 578 g/mol. The number of rotatable bonds is 6. The molecule has 0 amide bonds. The van der Waals surface area contributed by atoms with Crippen LogP contribution in [0.25, 0.3) is 27.7 Å². The Morgan fingerprint density at radius 1 is 1.26 bits per heavy atom. The minimum atomic E-state index is -4.57. The fourth-order valence-corrected chi connectivity index (χ4v) is 5.28. The lowest BCUT2D eigenvalue weighted by molar-refractivity contribution is -0.142. The largest absolute Gasteiger partial charge is 0.479 e. The van der Waals surface area contributed by atoms with Crippen LogP contribution in [-0.4, -0.2) is 86.9 Å². The SMILES string of the molecule is COc1nc(N[C@@H]2CCN(S(C)(=O)=O)CC2(F)F)nn2cc(F)c(-c3ccc4nnn(CC(F)(F)F)c4c3)c12. The Labute approximate surface area is 216 Å². The zero-order valence-corrected chi connectivity index (χ0v) is 21.1. The zero-order chi connectivity index (χ0) is 28.3. The molecule has 1 aromatic carbocycles. The first-order valence-corrected chi connectivity index (χ1v) is 13.1. The first kappa shape index (κ1) is 26.9. The maximum atomic E-state index is 15.2. The molecule has 18 heteroatoms. The minimum Gasteiger partial charge on any atom is -0.479 e. The van der Waals surface area contributed by atoms with Crippen molar-refractivity contribution in [3.05, 3.63) is 30.2 Å². The van der Waals surface area contributed by atoms with Crippen molar-refractivity contribution in [1.82, 2.24) is 33.9 Å². The number of aromatic nitrogens is 6. The molecule has 0 bridgehead atoms. The van der Waals surface area contributed by atoms with Crippen molar-refractivity contribution in [1.29, 1.82) is 0 Å². The van der Waals surface area contributed by atoms with Crippen molar-refractivity contribution >= 4 is 32.5 Å². The molecule has 3 aromatic heterocycles. The molecule has 11 nitrogen and oxygen atoms in total. The maximum absolute atomic E-state index is 15.2. The van der Waals surface area contributed by atoms with E-state index < -0.39 is 47.1 Å². The fourth-order valence-electron chi connectivity index (χ4n) is 4.43. The van der Waals surface area contributed by atoms with Gasteiger partial charge in [0, 0.05) is 6.54 Å². The van der Waals surface area contributed by atoms with Crippen molar-refractivity contribution in [2.45, 2.75) is 31.1 Å². The van der Waals surface area contributed by atoms with Gasteiger partial charge < -0.3 is 10.1 Å². The lowest BCUT2D eigenvalue weighted by atomic mass is 10.0. The summed E-state index contributed by atoms with van der Waals surface area (Å²) in [5, 5.41) is 13.8. The number of benzene rings is 1. The van der Waals surface area contributed by atoms with E-state index in [0.717, 1.165) is 17.0 Å². The van der Waals surface area contributed by atoms with Crippen molar-refractivity contribution in [3.8, 4) is 17.0 Å². The predicted octanol–water partition coefficient (Wildman–Crippen LogP) is 2.93. The van der Waals surface area contributed by atoms with E-state index in [9.17, 15) is 30.4 Å². The van der Waals surface area contributed by atoms with Crippen LogP contribution in [0.5, 0.6) is 5.88 Å². The number of halogens is 6. The number of anilines is 1. The third-order valence-corrected chi connectivity index (χ3v) is 7.46. The Hall–Kier alpha value is -3.67. The standard InChI is InChI=1S/C21H20F6N8O3S/c1-38-18-17-16(11-3-4-13-14(7-11)35(32-30-13)10-21(25,26)27)12(22)8-34(17)31-19(29-18)28-15-5-6-33(39(2,36)37)9-20(15,23)24/h3-4,7-8,15H,5-6,9-10H2,1-2H3,(H,28,31)/t15-/m1/s1. The number of nitrogens with one attached hydrogen (secondary N) is 1. The fraction of sp³-hybridized carbons (Fsp3) is 0.429. The molecule has 1 atom stereocenters. The number of sulfonamides is 1. The van der Waals surface area contributed by atoms with E-state index in [0.29, 0.717) is 8.99 Å². The van der Waals surface area contributed by atoms with Crippen LogP contribution in [0.3, 0.4) is 0 Å². The van der Waals surface area contributed by atoms with Gasteiger partial charge in [-0.3, -0.25) is 0 Å². The van der Waals surface area contributed by atoms with Gasteiger partial charge in [-0.05, 0) is 24.1 Å². The molecule has 0 saturated carbocycles. The van der Waals surface area contributed by atoms with Gasteiger partial charge in [-0.15, -0.1) is 10.2 Å². The third kappa shape index (κ3) is 5.17. The second kappa shape index (κ2) is 9.22. The smallest absolute Gasteiger partial charge is 0.408 e. The van der Waals surface area contributed by atoms with Gasteiger partial charge in [-0.1, -0.05) is 11.3 Å². The summed E-state index contributed by atoms with van der Waals surface area (Å²) in [6.45, 7) is -2.59. The number of fused-ring (bicyclic) bond motifs is 2. The normalized spacial score (nSPS) is 18.6. The number of ether oxygens (including phenoxy) is 1. The van der Waals surface area contributed by atoms with Crippen LogP contribution in [0.2, 0.25) is 0 Å². The molecule has 0 radical (unpaired) electrons. The number of alkyl halides is 5. The molecular formula is C21H20F6N8O3S. The van der Waals surface area contributed by atoms with Gasteiger partial charge >= 0.3 is 6.18 Å². The van der Waals surface area contributed by atoms with Crippen molar-refractivity contribution in [3.63, 3.8) is 0 Å². The van der Waals surface area contributed by atoms with Gasteiger partial charge in [-0.25, -0.2) is 30.8 Å². The quantitative estimate of drug-likeness (QED) is 0.347. The molecule has 5 rings (SSSR count). The first-order valence-electron chi connectivity index (χ1n) is 11.3. The second-order valence-electron chi connectivity index (χ2n) is 9.00. The van der Waals surface area contributed by atoms with E-state index >= 15 is 4.39 Å². The summed E-state index contributed by atoms with van der Waals surface area (Å²) in [6, 6.07) is 2.55. The van der Waals surface area contributed by atoms with Crippen LogP contribution in [0, 0.1) is 5.82 Å². The van der Waals surface area contributed by atoms with E-state index in [1.165, 1.54) is 25.3 Å². The molecule has 39 heavy (non-hydrogen) atoms. The second-order valence-corrected chi connectivity index (χ2v) is 11.0. The molecule has 0 unspecified atom stereocenters. The number of hydrogen-bond donors (Lipinski definition) is 1. The van der Waals surface area contributed by atoms with Gasteiger partial charge in [0.15, 0.2) is 5.82 Å². The molecule has 1 N–H and O–H groups in total. The summed E-state index contributed by atoms with van der Waals surface area (Å²) in [4.78, 5) is 4.09. The Morgan fingerprint density at radius 2 is 2.00 bits per heavy atom. The minimum absolute atomic E-state index is 0.00409. The van der Waals surface area contributed by atoms with E-state index in [4.69, 9.17) is 4.74 Å². The van der Waals surface area contributed by atoms with Crippen molar-refractivity contribution in [2.75, 3.05) is 31.8 Å². The highest BCUT2D eigenvalue weighted by molar-refractivity contribution is 7.88. The van der Waals surface area contributed by atoms with Gasteiger partial charge in [0.05, 0.1) is 43.2 Å². The zero-order valence-electron chi connectivity index (χ0n) is 20.2. The van der Waals surface area contributed by atoms with Gasteiger partial charge in [-0.2, -0.15) is 22.5 Å². The highest BCUT2D eigenvalue weighted by Gasteiger charge is 2.47. The lowest BCUT2D eigenvalue weighted by Crippen LogP contribution is -2.55. The van der Waals surface area contributed by atoms with Crippen molar-refractivity contribution < 1.29 is 39.5 Å². The summed E-state index contributed by atoms with van der Waals surface area (Å²) in [7, 11) is -2.61. The molecular weight excluding hydrogens is 558 g/mol. The summed E-state index contributed by atoms with van der Waals surface area (Å²) in [6.07, 6.45) is -3.03. The number of methoxy groups -OCH3 is 1. The Bertz CT molecular complexity index is 1670. The highest BCUT2D eigenvalue weighted by atomic mass is 32.2. The lowest BCUT2D eigenvalue weighted by Gasteiger charge is -2.37. The summed E-state index contributed by atoms with van der Waals surface area (Å²) in [5.41, 5.74) is 0.199. The van der Waals surface area contributed by atoms with Gasteiger partial charge in [0.25, 0.3) is 5.92 Å². The molecule has 0 spiro atoms. The number of nitrogens with zero attached hydrogens (tertiary/aromatic N) is 7. The average Bonchev–Trinajstić information content (AvgIpc) is 3.37. The summed E-state index contributed by atoms with van der Waals surface area (Å²) in [5.74, 6) is -4.84. The molecule has 1 aliphatic rings. The first-order chi connectivity index (χ1) is 18.2. The van der Waals surface area contributed by atoms with Crippen LogP contribution >= 0.6 is 0 Å². The van der Waals surface area contributed by atoms with E-state index in [1.807, 2.05) is 0 Å². The molecule has 0 aliphatic carbocycles. The Kier molecular flexibility index (Phi) is 6.36. The molecule has 4 aromatic rings. The van der Waals surface area contributed by atoms with Crippen LogP contribution < -0.4 is 10.1 Å². The van der Waals surface area contributed by atoms with E-state index in [1.54, 1.807) is 0 Å². The number of piperidine rings is 1. The van der Waals surface area contributed by atoms with Gasteiger partial charge in [0.1, 0.15) is 17.6 Å². The van der Waals surface area contributed by atoms with Crippen LogP contribution in [0.1, 0.15) is 6.42 Å². The monoisotopic (exact) mass is 578 g/mol. The molecule has 1 fully saturated rings. The Morgan fingerprint density at radius 3 is 2.64 bits per heavy atom. The molecule has 1 saturated heterocycles. The Balaban J connectivity index is 1.52. The molecule has 210 valence electrons.